The molecule has 162 valence electrons. The van der Waals surface area contributed by atoms with Crippen molar-refractivity contribution < 1.29 is 9.13 Å². The lowest BCUT2D eigenvalue weighted by Crippen LogP contribution is -2.21. The average Bonchev–Trinajstić information content (AvgIpc) is 3.48. The number of aromatic nitrogens is 5. The van der Waals surface area contributed by atoms with Crippen LogP contribution in [-0.4, -0.2) is 49.6 Å². The summed E-state index contributed by atoms with van der Waals surface area (Å²) in [6, 6.07) is 12.5. The maximum absolute atomic E-state index is 13.5. The second-order valence-corrected chi connectivity index (χ2v) is 7.84. The summed E-state index contributed by atoms with van der Waals surface area (Å²) in [5, 5.41) is 0. The molecular formula is C24H23FN6O. The Morgan fingerprint density at radius 1 is 1.06 bits per heavy atom. The number of hydrogen-bond donors (Lipinski definition) is 0. The van der Waals surface area contributed by atoms with Crippen molar-refractivity contribution >= 4 is 0 Å². The summed E-state index contributed by atoms with van der Waals surface area (Å²) in [6.07, 6.45) is 8.01. The van der Waals surface area contributed by atoms with E-state index in [4.69, 9.17) is 9.72 Å². The van der Waals surface area contributed by atoms with E-state index in [0.717, 1.165) is 54.3 Å². The molecule has 5 rings (SSSR count). The highest BCUT2D eigenvalue weighted by molar-refractivity contribution is 5.76. The number of pyridine rings is 1. The van der Waals surface area contributed by atoms with Gasteiger partial charge in [0, 0.05) is 49.7 Å². The molecule has 0 bridgehead atoms. The molecule has 1 fully saturated rings. The predicted molar refractivity (Wildman–Crippen MR) is 118 cm³/mol. The van der Waals surface area contributed by atoms with E-state index in [1.807, 2.05) is 24.7 Å². The third kappa shape index (κ3) is 4.09. The molecule has 1 aromatic carbocycles. The molecule has 0 amide bonds. The van der Waals surface area contributed by atoms with Crippen LogP contribution in [0.2, 0.25) is 0 Å². The molecule has 8 heteroatoms. The highest BCUT2D eigenvalue weighted by Gasteiger charge is 2.28. The Morgan fingerprint density at radius 2 is 1.94 bits per heavy atom. The monoisotopic (exact) mass is 430 g/mol. The minimum absolute atomic E-state index is 0.257. The number of halogens is 1. The summed E-state index contributed by atoms with van der Waals surface area (Å²) in [4.78, 5) is 20.0. The second kappa shape index (κ2) is 8.84. The van der Waals surface area contributed by atoms with Crippen LogP contribution in [0, 0.1) is 5.82 Å². The Bertz CT molecular complexity index is 1180. The fourth-order valence-electron chi connectivity index (χ4n) is 4.21. The van der Waals surface area contributed by atoms with Crippen LogP contribution >= 0.6 is 0 Å². The van der Waals surface area contributed by atoms with E-state index in [2.05, 4.69) is 30.5 Å². The molecule has 1 unspecified atom stereocenters. The van der Waals surface area contributed by atoms with Gasteiger partial charge in [-0.25, -0.2) is 24.3 Å². The zero-order valence-electron chi connectivity index (χ0n) is 17.7. The quantitative estimate of drug-likeness (QED) is 0.461. The molecule has 4 heterocycles. The van der Waals surface area contributed by atoms with Crippen molar-refractivity contribution in [1.29, 1.82) is 0 Å². The molecule has 0 spiro atoms. The largest absolute Gasteiger partial charge is 0.481 e. The Morgan fingerprint density at radius 3 is 2.66 bits per heavy atom. The van der Waals surface area contributed by atoms with E-state index in [-0.39, 0.29) is 11.9 Å². The standard InChI is InChI=1S/C24H23FN6O/c1-32-22-7-2-17(12-27-22)13-30-11-9-20(14-30)31-16-29-23(18-3-5-19(25)6-4-18)24(31)21-8-10-26-15-28-21/h2-8,10,12,15-16,20H,9,11,13-14H2,1H3. The second-order valence-electron chi connectivity index (χ2n) is 7.84. The van der Waals surface area contributed by atoms with Crippen molar-refractivity contribution in [2.24, 2.45) is 0 Å². The number of nitrogens with zero attached hydrogens (tertiary/aromatic N) is 6. The maximum atomic E-state index is 13.5. The number of rotatable bonds is 6. The number of methoxy groups -OCH3 is 1. The molecule has 1 aliphatic heterocycles. The van der Waals surface area contributed by atoms with Crippen molar-refractivity contribution in [1.82, 2.24) is 29.4 Å². The van der Waals surface area contributed by atoms with E-state index in [1.54, 1.807) is 31.8 Å². The summed E-state index contributed by atoms with van der Waals surface area (Å²) in [5.74, 6) is 0.352. The average molecular weight is 430 g/mol. The van der Waals surface area contributed by atoms with E-state index < -0.39 is 0 Å². The van der Waals surface area contributed by atoms with Gasteiger partial charge in [0.05, 0.1) is 30.5 Å². The third-order valence-corrected chi connectivity index (χ3v) is 5.79. The smallest absolute Gasteiger partial charge is 0.212 e. The summed E-state index contributed by atoms with van der Waals surface area (Å²) in [5.41, 5.74) is 4.53. The van der Waals surface area contributed by atoms with Gasteiger partial charge in [0.15, 0.2) is 0 Å². The van der Waals surface area contributed by atoms with Gasteiger partial charge >= 0.3 is 0 Å². The van der Waals surface area contributed by atoms with Gasteiger partial charge in [-0.1, -0.05) is 6.07 Å². The number of imidazole rings is 1. The fourth-order valence-corrected chi connectivity index (χ4v) is 4.21. The van der Waals surface area contributed by atoms with Gasteiger partial charge in [-0.05, 0) is 42.3 Å². The predicted octanol–water partition coefficient (Wildman–Crippen LogP) is 4.00. The summed E-state index contributed by atoms with van der Waals surface area (Å²) < 4.78 is 20.8. The van der Waals surface area contributed by atoms with Crippen LogP contribution in [-0.2, 0) is 6.54 Å². The van der Waals surface area contributed by atoms with Gasteiger partial charge in [-0.2, -0.15) is 0 Å². The molecule has 0 aliphatic carbocycles. The van der Waals surface area contributed by atoms with Crippen molar-refractivity contribution in [2.45, 2.75) is 19.0 Å². The van der Waals surface area contributed by atoms with Crippen LogP contribution < -0.4 is 4.74 Å². The Hall–Kier alpha value is -3.65. The Labute approximate surface area is 185 Å². The normalized spacial score (nSPS) is 16.4. The topological polar surface area (TPSA) is 69.0 Å². The van der Waals surface area contributed by atoms with Gasteiger partial charge in [-0.3, -0.25) is 4.90 Å². The minimum atomic E-state index is -0.267. The van der Waals surface area contributed by atoms with Gasteiger partial charge < -0.3 is 9.30 Å². The summed E-state index contributed by atoms with van der Waals surface area (Å²) in [6.45, 7) is 2.70. The minimum Gasteiger partial charge on any atom is -0.481 e. The van der Waals surface area contributed by atoms with Crippen LogP contribution in [0.5, 0.6) is 5.88 Å². The highest BCUT2D eigenvalue weighted by atomic mass is 19.1. The molecule has 1 atom stereocenters. The van der Waals surface area contributed by atoms with E-state index in [0.29, 0.717) is 5.88 Å². The number of likely N-dealkylation sites (tertiary alicyclic amines) is 1. The molecule has 4 aromatic rings. The first-order chi connectivity index (χ1) is 15.7. The number of hydrogen-bond acceptors (Lipinski definition) is 6. The first-order valence-corrected chi connectivity index (χ1v) is 10.5. The molecule has 0 N–H and O–H groups in total. The highest BCUT2D eigenvalue weighted by Crippen LogP contribution is 2.35. The van der Waals surface area contributed by atoms with Crippen molar-refractivity contribution in [3.63, 3.8) is 0 Å². The van der Waals surface area contributed by atoms with Crippen LogP contribution in [0.15, 0.2) is 67.5 Å². The lowest BCUT2D eigenvalue weighted by atomic mass is 10.1. The van der Waals surface area contributed by atoms with Crippen molar-refractivity contribution in [3.8, 4) is 28.5 Å². The van der Waals surface area contributed by atoms with Crippen LogP contribution in [0.4, 0.5) is 4.39 Å². The van der Waals surface area contributed by atoms with E-state index in [9.17, 15) is 4.39 Å². The Balaban J connectivity index is 1.42. The van der Waals surface area contributed by atoms with Crippen LogP contribution in [0.25, 0.3) is 22.6 Å². The summed E-state index contributed by atoms with van der Waals surface area (Å²) >= 11 is 0. The van der Waals surface area contributed by atoms with Crippen LogP contribution in [0.1, 0.15) is 18.0 Å². The number of benzene rings is 1. The summed E-state index contributed by atoms with van der Waals surface area (Å²) in [7, 11) is 1.62. The SMILES string of the molecule is COc1ccc(CN2CCC(n3cnc(-c4ccc(F)cc4)c3-c3ccncn3)C2)cn1. The lowest BCUT2D eigenvalue weighted by molar-refractivity contribution is 0.315. The molecule has 1 saturated heterocycles. The van der Waals surface area contributed by atoms with Crippen LogP contribution in [0.3, 0.4) is 0 Å². The molecular weight excluding hydrogens is 407 g/mol. The zero-order valence-corrected chi connectivity index (χ0v) is 17.7. The first-order valence-electron chi connectivity index (χ1n) is 10.5. The van der Waals surface area contributed by atoms with E-state index in [1.165, 1.54) is 12.1 Å². The van der Waals surface area contributed by atoms with Gasteiger partial charge in [0.1, 0.15) is 12.1 Å². The molecule has 3 aromatic heterocycles. The fraction of sp³-hybridized carbons (Fsp3) is 0.250. The van der Waals surface area contributed by atoms with Crippen molar-refractivity contribution in [3.05, 3.63) is 78.9 Å². The van der Waals surface area contributed by atoms with Gasteiger partial charge in [0.25, 0.3) is 0 Å². The third-order valence-electron chi connectivity index (χ3n) is 5.79. The molecule has 0 radical (unpaired) electrons. The molecule has 1 aliphatic rings. The van der Waals surface area contributed by atoms with E-state index >= 15 is 0 Å². The molecule has 7 nitrogen and oxygen atoms in total. The lowest BCUT2D eigenvalue weighted by Gasteiger charge is -2.18. The van der Waals surface area contributed by atoms with Gasteiger partial charge in [0.2, 0.25) is 5.88 Å². The Kier molecular flexibility index (Phi) is 5.60. The zero-order chi connectivity index (χ0) is 21.9. The molecule has 0 saturated carbocycles. The first kappa shape index (κ1) is 20.3. The van der Waals surface area contributed by atoms with Crippen molar-refractivity contribution in [2.75, 3.05) is 20.2 Å². The number of ether oxygens (including phenoxy) is 1. The molecule has 32 heavy (non-hydrogen) atoms. The maximum Gasteiger partial charge on any atom is 0.212 e. The van der Waals surface area contributed by atoms with Gasteiger partial charge in [-0.15, -0.1) is 0 Å².